The lowest BCUT2D eigenvalue weighted by Gasteiger charge is -2.30. The molecule has 1 atom stereocenters. The smallest absolute Gasteiger partial charge is 0.270 e. The Bertz CT molecular complexity index is 397. The Morgan fingerprint density at radius 1 is 1.56 bits per heavy atom. The first-order valence-corrected chi connectivity index (χ1v) is 5.79. The maximum absolute atomic E-state index is 12.2. The number of likely N-dealkylation sites (tertiary alicyclic amines) is 1. The Morgan fingerprint density at radius 3 is 2.88 bits per heavy atom. The molecule has 0 saturated carbocycles. The zero-order chi connectivity index (χ0) is 11.7. The number of nitrogen functional groups attached to an aromatic ring is 1. The molecular formula is C12H19N3O. The van der Waals surface area contributed by atoms with Crippen LogP contribution in [0.2, 0.25) is 0 Å². The van der Waals surface area contributed by atoms with Crippen molar-refractivity contribution in [1.82, 2.24) is 9.47 Å². The van der Waals surface area contributed by atoms with Gasteiger partial charge < -0.3 is 15.2 Å². The van der Waals surface area contributed by atoms with E-state index in [1.807, 2.05) is 11.9 Å². The summed E-state index contributed by atoms with van der Waals surface area (Å²) in [6.07, 6.45) is 4.10. The molecule has 0 radical (unpaired) electrons. The molecule has 1 aliphatic rings. The Hall–Kier alpha value is -1.45. The van der Waals surface area contributed by atoms with Gasteiger partial charge in [-0.05, 0) is 24.8 Å². The van der Waals surface area contributed by atoms with Gasteiger partial charge >= 0.3 is 0 Å². The van der Waals surface area contributed by atoms with Crippen LogP contribution >= 0.6 is 0 Å². The third-order valence-electron chi connectivity index (χ3n) is 3.19. The van der Waals surface area contributed by atoms with Crippen LogP contribution in [-0.2, 0) is 7.05 Å². The van der Waals surface area contributed by atoms with E-state index in [2.05, 4.69) is 6.92 Å². The van der Waals surface area contributed by atoms with Gasteiger partial charge in [0.25, 0.3) is 5.91 Å². The topological polar surface area (TPSA) is 51.3 Å². The molecule has 88 valence electrons. The van der Waals surface area contributed by atoms with E-state index in [0.717, 1.165) is 19.5 Å². The van der Waals surface area contributed by atoms with Crippen LogP contribution in [0.5, 0.6) is 0 Å². The van der Waals surface area contributed by atoms with Gasteiger partial charge in [-0.2, -0.15) is 0 Å². The van der Waals surface area contributed by atoms with Crippen molar-refractivity contribution >= 4 is 11.6 Å². The Kier molecular flexibility index (Phi) is 2.90. The number of hydrogen-bond acceptors (Lipinski definition) is 2. The lowest BCUT2D eigenvalue weighted by Crippen LogP contribution is -2.39. The highest BCUT2D eigenvalue weighted by atomic mass is 16.2. The van der Waals surface area contributed by atoms with Gasteiger partial charge in [0.1, 0.15) is 5.69 Å². The highest BCUT2D eigenvalue weighted by Crippen LogP contribution is 2.19. The van der Waals surface area contributed by atoms with E-state index in [1.54, 1.807) is 16.8 Å². The lowest BCUT2D eigenvalue weighted by atomic mass is 10.00. The number of anilines is 1. The van der Waals surface area contributed by atoms with E-state index in [1.165, 1.54) is 6.42 Å². The van der Waals surface area contributed by atoms with Gasteiger partial charge in [-0.25, -0.2) is 0 Å². The predicted octanol–water partition coefficient (Wildman–Crippen LogP) is 1.48. The van der Waals surface area contributed by atoms with E-state index in [-0.39, 0.29) is 5.91 Å². The SMILES string of the molecule is CC1CCCN(C(=O)c2cc(N)cn2C)C1. The fraction of sp³-hybridized carbons (Fsp3) is 0.583. The molecule has 1 aromatic heterocycles. The number of carbonyl (C=O) groups excluding carboxylic acids is 1. The molecule has 1 fully saturated rings. The second-order valence-electron chi connectivity index (χ2n) is 4.77. The van der Waals surface area contributed by atoms with Crippen molar-refractivity contribution in [3.05, 3.63) is 18.0 Å². The van der Waals surface area contributed by atoms with Crippen molar-refractivity contribution in [3.63, 3.8) is 0 Å². The van der Waals surface area contributed by atoms with Crippen LogP contribution in [0.4, 0.5) is 5.69 Å². The molecular weight excluding hydrogens is 202 g/mol. The number of amides is 1. The summed E-state index contributed by atoms with van der Waals surface area (Å²) < 4.78 is 1.80. The molecule has 0 bridgehead atoms. The lowest BCUT2D eigenvalue weighted by molar-refractivity contribution is 0.0673. The van der Waals surface area contributed by atoms with Crippen molar-refractivity contribution in [2.45, 2.75) is 19.8 Å². The molecule has 2 rings (SSSR count). The highest BCUT2D eigenvalue weighted by Gasteiger charge is 2.23. The molecule has 1 aromatic rings. The molecule has 1 aliphatic heterocycles. The fourth-order valence-corrected chi connectivity index (χ4v) is 2.34. The summed E-state index contributed by atoms with van der Waals surface area (Å²) in [6.45, 7) is 3.93. The minimum atomic E-state index is 0.103. The van der Waals surface area contributed by atoms with Crippen molar-refractivity contribution in [2.24, 2.45) is 13.0 Å². The number of piperidine rings is 1. The van der Waals surface area contributed by atoms with Crippen LogP contribution in [0.25, 0.3) is 0 Å². The Labute approximate surface area is 96.0 Å². The molecule has 2 N–H and O–H groups in total. The van der Waals surface area contributed by atoms with Crippen molar-refractivity contribution in [2.75, 3.05) is 18.8 Å². The molecule has 1 amide bonds. The van der Waals surface area contributed by atoms with E-state index in [4.69, 9.17) is 5.73 Å². The van der Waals surface area contributed by atoms with Crippen LogP contribution in [0.1, 0.15) is 30.3 Å². The van der Waals surface area contributed by atoms with Crippen LogP contribution in [0, 0.1) is 5.92 Å². The molecule has 16 heavy (non-hydrogen) atoms. The molecule has 4 nitrogen and oxygen atoms in total. The molecule has 4 heteroatoms. The van der Waals surface area contributed by atoms with Crippen molar-refractivity contribution in [3.8, 4) is 0 Å². The number of rotatable bonds is 1. The average Bonchev–Trinajstić information content (AvgIpc) is 2.57. The molecule has 0 aliphatic carbocycles. The van der Waals surface area contributed by atoms with Gasteiger partial charge in [0.05, 0.1) is 5.69 Å². The minimum Gasteiger partial charge on any atom is -0.397 e. The van der Waals surface area contributed by atoms with Gasteiger partial charge in [-0.3, -0.25) is 4.79 Å². The first-order chi connectivity index (χ1) is 7.58. The summed E-state index contributed by atoms with van der Waals surface area (Å²) in [7, 11) is 1.86. The molecule has 0 spiro atoms. The van der Waals surface area contributed by atoms with Gasteiger partial charge in [-0.15, -0.1) is 0 Å². The maximum Gasteiger partial charge on any atom is 0.270 e. The Balaban J connectivity index is 2.15. The summed E-state index contributed by atoms with van der Waals surface area (Å²) in [5, 5.41) is 0. The van der Waals surface area contributed by atoms with Gasteiger partial charge in [0, 0.05) is 26.3 Å². The van der Waals surface area contributed by atoms with Crippen LogP contribution in [-0.4, -0.2) is 28.5 Å². The predicted molar refractivity (Wildman–Crippen MR) is 64.1 cm³/mol. The summed E-state index contributed by atoms with van der Waals surface area (Å²) in [5.41, 5.74) is 7.02. The summed E-state index contributed by atoms with van der Waals surface area (Å²) in [5.74, 6) is 0.709. The highest BCUT2D eigenvalue weighted by molar-refractivity contribution is 5.93. The van der Waals surface area contributed by atoms with Crippen LogP contribution in [0.15, 0.2) is 12.3 Å². The first kappa shape index (κ1) is 11.0. The number of nitrogens with zero attached hydrogens (tertiary/aromatic N) is 2. The Morgan fingerprint density at radius 2 is 2.31 bits per heavy atom. The van der Waals surface area contributed by atoms with Gasteiger partial charge in [0.15, 0.2) is 0 Å². The van der Waals surface area contributed by atoms with E-state index in [9.17, 15) is 4.79 Å². The zero-order valence-electron chi connectivity index (χ0n) is 9.94. The molecule has 2 heterocycles. The second-order valence-corrected chi connectivity index (χ2v) is 4.77. The monoisotopic (exact) mass is 221 g/mol. The minimum absolute atomic E-state index is 0.103. The van der Waals surface area contributed by atoms with Crippen LogP contribution < -0.4 is 5.73 Å². The second kappa shape index (κ2) is 4.20. The third-order valence-corrected chi connectivity index (χ3v) is 3.19. The molecule has 0 aromatic carbocycles. The summed E-state index contributed by atoms with van der Waals surface area (Å²) in [4.78, 5) is 14.2. The maximum atomic E-state index is 12.2. The standard InChI is InChI=1S/C12H19N3O/c1-9-4-3-5-15(7-9)12(16)11-6-10(13)8-14(11)2/h6,8-9H,3-5,7,13H2,1-2H3. The normalized spacial score (nSPS) is 21.1. The zero-order valence-corrected chi connectivity index (χ0v) is 9.94. The van der Waals surface area contributed by atoms with E-state index < -0.39 is 0 Å². The van der Waals surface area contributed by atoms with Crippen molar-refractivity contribution < 1.29 is 4.79 Å². The molecule has 1 saturated heterocycles. The van der Waals surface area contributed by atoms with Crippen molar-refractivity contribution in [1.29, 1.82) is 0 Å². The number of hydrogen-bond donors (Lipinski definition) is 1. The van der Waals surface area contributed by atoms with E-state index >= 15 is 0 Å². The van der Waals surface area contributed by atoms with Crippen LogP contribution in [0.3, 0.4) is 0 Å². The number of carbonyl (C=O) groups is 1. The number of nitrogens with two attached hydrogens (primary N) is 1. The summed E-state index contributed by atoms with van der Waals surface area (Å²) in [6, 6.07) is 1.75. The van der Waals surface area contributed by atoms with Gasteiger partial charge in [-0.1, -0.05) is 6.92 Å². The average molecular weight is 221 g/mol. The summed E-state index contributed by atoms with van der Waals surface area (Å²) >= 11 is 0. The van der Waals surface area contributed by atoms with Gasteiger partial charge in [0.2, 0.25) is 0 Å². The molecule has 1 unspecified atom stereocenters. The number of aryl methyl sites for hydroxylation is 1. The fourth-order valence-electron chi connectivity index (χ4n) is 2.34. The number of aromatic nitrogens is 1. The van der Waals surface area contributed by atoms with E-state index in [0.29, 0.717) is 17.3 Å². The largest absolute Gasteiger partial charge is 0.397 e. The quantitative estimate of drug-likeness (QED) is 0.781. The first-order valence-electron chi connectivity index (χ1n) is 5.79. The third kappa shape index (κ3) is 2.05.